The lowest BCUT2D eigenvalue weighted by Gasteiger charge is -2.48. The fourth-order valence-corrected chi connectivity index (χ4v) is 6.53. The molecule has 1 aromatic rings. The smallest absolute Gasteiger partial charge is 0.320 e. The van der Waals surface area contributed by atoms with Gasteiger partial charge in [0.25, 0.3) is 0 Å². The molecule has 5 atom stereocenters. The van der Waals surface area contributed by atoms with Crippen LogP contribution in [-0.2, 0) is 4.79 Å². The highest BCUT2D eigenvalue weighted by Gasteiger charge is 2.47. The van der Waals surface area contributed by atoms with Crippen molar-refractivity contribution in [3.05, 3.63) is 18.6 Å². The molecule has 5 unspecified atom stereocenters. The maximum absolute atomic E-state index is 12.4. The fraction of sp³-hybridized carbons (Fsp3) is 0.769. The van der Waals surface area contributed by atoms with Gasteiger partial charge in [0.05, 0.1) is 12.3 Å². The highest BCUT2D eigenvalue weighted by molar-refractivity contribution is 5.80. The fourth-order valence-electron chi connectivity index (χ4n) is 6.53. The van der Waals surface area contributed by atoms with Crippen molar-refractivity contribution in [1.82, 2.24) is 19.8 Å². The van der Waals surface area contributed by atoms with Gasteiger partial charge >= 0.3 is 6.03 Å². The van der Waals surface area contributed by atoms with E-state index in [4.69, 9.17) is 5.73 Å². The van der Waals surface area contributed by atoms with Crippen LogP contribution in [0.4, 0.5) is 10.6 Å². The van der Waals surface area contributed by atoms with Crippen LogP contribution >= 0.6 is 0 Å². The van der Waals surface area contributed by atoms with Gasteiger partial charge in [0.15, 0.2) is 0 Å². The maximum Gasteiger partial charge on any atom is 0.320 e. The number of rotatable bonds is 2. The average Bonchev–Trinajstić information content (AvgIpc) is 2.88. The number of primary amides is 1. The van der Waals surface area contributed by atoms with Crippen molar-refractivity contribution in [2.24, 2.45) is 28.9 Å². The number of amides is 3. The van der Waals surface area contributed by atoms with Gasteiger partial charge in [-0.3, -0.25) is 9.78 Å². The molecule has 9 heteroatoms. The monoisotopic (exact) mass is 486 g/mol. The summed E-state index contributed by atoms with van der Waals surface area (Å²) in [5.41, 5.74) is 5.08. The Bertz CT molecular complexity index is 854. The van der Waals surface area contributed by atoms with Gasteiger partial charge in [-0.2, -0.15) is 0 Å². The Hall–Kier alpha value is -2.42. The predicted molar refractivity (Wildman–Crippen MR) is 135 cm³/mol. The Balaban J connectivity index is 0.000000172. The number of aromatic nitrogens is 2. The first kappa shape index (κ1) is 25.7. The Morgan fingerprint density at radius 2 is 1.69 bits per heavy atom. The van der Waals surface area contributed by atoms with Crippen LogP contribution in [0.2, 0.25) is 0 Å². The van der Waals surface area contributed by atoms with E-state index in [-0.39, 0.29) is 29.4 Å². The Morgan fingerprint density at radius 1 is 1.00 bits per heavy atom. The minimum Gasteiger partial charge on any atom is -0.393 e. The lowest BCUT2D eigenvalue weighted by atomic mass is 9.58. The standard InChI is InChI=1S/C14H21N5O.C12H21NO2/c20-14(18-6-2-1-3-7-18)19-10-8-17(9-11-19)13-12-15-4-5-16-13;1-7-3-8-4-9(10(7)14)6-12(2,5-8)11(13)15/h4-5,12H,1-3,6-11H2;7-10,14H,3-6H2,1-2H3,(H2,13,15). The quantitative estimate of drug-likeness (QED) is 0.664. The number of nitrogens with zero attached hydrogens (tertiary/aromatic N) is 5. The molecular weight excluding hydrogens is 444 g/mol. The second-order valence-electron chi connectivity index (χ2n) is 11.3. The molecule has 2 aliphatic carbocycles. The average molecular weight is 487 g/mol. The number of hydrogen-bond donors (Lipinski definition) is 2. The molecule has 3 N–H and O–H groups in total. The number of aliphatic hydroxyl groups is 1. The summed E-state index contributed by atoms with van der Waals surface area (Å²) >= 11 is 0. The minimum absolute atomic E-state index is 0.195. The number of fused-ring (bicyclic) bond motifs is 2. The first-order valence-electron chi connectivity index (χ1n) is 13.3. The van der Waals surface area contributed by atoms with Crippen molar-refractivity contribution in [3.63, 3.8) is 0 Å². The summed E-state index contributed by atoms with van der Waals surface area (Å²) in [7, 11) is 0. The molecule has 35 heavy (non-hydrogen) atoms. The summed E-state index contributed by atoms with van der Waals surface area (Å²) in [5, 5.41) is 10.1. The molecule has 9 nitrogen and oxygen atoms in total. The molecule has 194 valence electrons. The Kier molecular flexibility index (Phi) is 8.14. The summed E-state index contributed by atoms with van der Waals surface area (Å²) in [4.78, 5) is 38.4. The number of aliphatic hydroxyl groups excluding tert-OH is 1. The summed E-state index contributed by atoms with van der Waals surface area (Å²) in [6, 6.07) is 0.212. The van der Waals surface area contributed by atoms with Gasteiger partial charge in [0.1, 0.15) is 5.82 Å². The lowest BCUT2D eigenvalue weighted by Crippen LogP contribution is -2.53. The van der Waals surface area contributed by atoms with Crippen LogP contribution in [0.3, 0.4) is 0 Å². The van der Waals surface area contributed by atoms with Crippen LogP contribution in [0.15, 0.2) is 18.6 Å². The van der Waals surface area contributed by atoms with E-state index < -0.39 is 0 Å². The minimum atomic E-state index is -0.380. The molecular formula is C26H42N6O3. The number of likely N-dealkylation sites (tertiary alicyclic amines) is 1. The first-order chi connectivity index (χ1) is 16.8. The van der Waals surface area contributed by atoms with Crippen molar-refractivity contribution in [2.45, 2.75) is 64.9 Å². The Labute approximate surface area is 209 Å². The lowest BCUT2D eigenvalue weighted by molar-refractivity contribution is -0.135. The van der Waals surface area contributed by atoms with E-state index in [0.717, 1.165) is 83.6 Å². The van der Waals surface area contributed by atoms with Crippen LogP contribution < -0.4 is 10.6 Å². The van der Waals surface area contributed by atoms with Gasteiger partial charge in [0.2, 0.25) is 5.91 Å². The zero-order valence-corrected chi connectivity index (χ0v) is 21.3. The van der Waals surface area contributed by atoms with Crippen molar-refractivity contribution in [3.8, 4) is 0 Å². The summed E-state index contributed by atoms with van der Waals surface area (Å²) in [6.07, 6.45) is 12.3. The van der Waals surface area contributed by atoms with Gasteiger partial charge in [-0.25, -0.2) is 9.78 Å². The zero-order chi connectivity index (χ0) is 25.0. The van der Waals surface area contributed by atoms with Crippen LogP contribution in [-0.4, -0.2) is 82.2 Å². The maximum atomic E-state index is 12.4. The van der Waals surface area contributed by atoms with E-state index in [1.807, 2.05) is 16.7 Å². The molecule has 4 fully saturated rings. The van der Waals surface area contributed by atoms with Crippen molar-refractivity contribution in [1.29, 1.82) is 0 Å². The summed E-state index contributed by atoms with van der Waals surface area (Å²) < 4.78 is 0. The number of piperazine rings is 1. The summed E-state index contributed by atoms with van der Waals surface area (Å²) in [6.45, 7) is 9.11. The third-order valence-electron chi connectivity index (χ3n) is 8.50. The molecule has 2 saturated carbocycles. The Morgan fingerprint density at radius 3 is 2.31 bits per heavy atom. The van der Waals surface area contributed by atoms with Gasteiger partial charge in [-0.15, -0.1) is 0 Å². The van der Waals surface area contributed by atoms with Crippen molar-refractivity contribution < 1.29 is 14.7 Å². The van der Waals surface area contributed by atoms with Crippen LogP contribution in [0.25, 0.3) is 0 Å². The second-order valence-corrected chi connectivity index (χ2v) is 11.3. The molecule has 0 radical (unpaired) electrons. The van der Waals surface area contributed by atoms with Crippen LogP contribution in [0.5, 0.6) is 0 Å². The van der Waals surface area contributed by atoms with Gasteiger partial charge in [0, 0.05) is 57.1 Å². The largest absolute Gasteiger partial charge is 0.393 e. The number of carbonyl (C=O) groups is 2. The molecule has 0 aromatic carbocycles. The van der Waals surface area contributed by atoms with Crippen molar-refractivity contribution in [2.75, 3.05) is 44.2 Å². The van der Waals surface area contributed by atoms with Gasteiger partial charge < -0.3 is 25.5 Å². The normalized spacial score (nSPS) is 32.9. The van der Waals surface area contributed by atoms with Crippen molar-refractivity contribution >= 4 is 17.8 Å². The molecule has 2 bridgehead atoms. The predicted octanol–water partition coefficient (Wildman–Crippen LogP) is 2.50. The number of nitrogens with two attached hydrogens (primary N) is 1. The van der Waals surface area contributed by atoms with E-state index in [1.165, 1.54) is 6.42 Å². The van der Waals surface area contributed by atoms with E-state index in [9.17, 15) is 14.7 Å². The number of piperidine rings is 1. The van der Waals surface area contributed by atoms with Crippen LogP contribution in [0, 0.1) is 23.2 Å². The topological polar surface area (TPSA) is 116 Å². The van der Waals surface area contributed by atoms with E-state index in [2.05, 4.69) is 21.8 Å². The molecule has 2 saturated heterocycles. The number of carbonyl (C=O) groups excluding carboxylic acids is 2. The highest BCUT2D eigenvalue weighted by atomic mass is 16.3. The number of urea groups is 1. The summed E-state index contributed by atoms with van der Waals surface area (Å²) in [5.74, 6) is 1.95. The van der Waals surface area contributed by atoms with E-state index in [0.29, 0.717) is 11.8 Å². The van der Waals surface area contributed by atoms with Gasteiger partial charge in [-0.1, -0.05) is 13.8 Å². The molecule has 1 aromatic heterocycles. The SMILES string of the molecule is CC1CC2CC(CC(C)(C(N)=O)C2)C1O.O=C(N1CCCCC1)N1CCN(c2cnccn2)CC1. The van der Waals surface area contributed by atoms with Crippen LogP contribution in [0.1, 0.15) is 58.8 Å². The third-order valence-corrected chi connectivity index (χ3v) is 8.50. The number of anilines is 1. The van der Waals surface area contributed by atoms with Gasteiger partial charge in [-0.05, 0) is 62.7 Å². The first-order valence-corrected chi connectivity index (χ1v) is 13.3. The third kappa shape index (κ3) is 6.05. The highest BCUT2D eigenvalue weighted by Crippen LogP contribution is 2.50. The van der Waals surface area contributed by atoms with E-state index in [1.54, 1.807) is 18.6 Å². The molecule has 0 spiro atoms. The molecule has 3 heterocycles. The second kappa shape index (κ2) is 11.1. The molecule has 5 rings (SSSR count). The number of hydrogen-bond acceptors (Lipinski definition) is 6. The molecule has 4 aliphatic rings. The zero-order valence-electron chi connectivity index (χ0n) is 21.3. The molecule has 3 amide bonds. The molecule has 2 aliphatic heterocycles. The van der Waals surface area contributed by atoms with E-state index >= 15 is 0 Å².